The lowest BCUT2D eigenvalue weighted by atomic mass is 10.1. The molecule has 3 heterocycles. The van der Waals surface area contributed by atoms with Gasteiger partial charge in [-0.1, -0.05) is 29.8 Å². The molecule has 0 bridgehead atoms. The molecule has 0 aliphatic rings. The average Bonchev–Trinajstić information content (AvgIpc) is 2.88. The van der Waals surface area contributed by atoms with Gasteiger partial charge in [-0.2, -0.15) is 0 Å². The van der Waals surface area contributed by atoms with Crippen molar-refractivity contribution in [3.63, 3.8) is 0 Å². The van der Waals surface area contributed by atoms with Crippen LogP contribution in [0.25, 0.3) is 27.7 Å². The van der Waals surface area contributed by atoms with Crippen molar-refractivity contribution in [2.75, 3.05) is 0 Å². The molecule has 1 N–H and O–H groups in total. The van der Waals surface area contributed by atoms with Crippen LogP contribution in [0.2, 0.25) is 5.02 Å². The standard InChI is InChI=1S/C14H10ClN3/c1-8-4-2-5-9-11(8)16-14-12(9)17-13-10(15)6-3-7-18(13)14/h2-7,16H,1H3. The first-order valence-corrected chi connectivity index (χ1v) is 6.17. The summed E-state index contributed by atoms with van der Waals surface area (Å²) < 4.78 is 2.00. The van der Waals surface area contributed by atoms with Crippen molar-refractivity contribution in [1.82, 2.24) is 14.4 Å². The zero-order chi connectivity index (χ0) is 12.3. The quantitative estimate of drug-likeness (QED) is 0.507. The first kappa shape index (κ1) is 9.97. The zero-order valence-electron chi connectivity index (χ0n) is 9.74. The number of nitrogens with one attached hydrogen (secondary N) is 1. The molecule has 0 aliphatic carbocycles. The number of hydrogen-bond donors (Lipinski definition) is 1. The highest BCUT2D eigenvalue weighted by Crippen LogP contribution is 2.29. The number of para-hydroxylation sites is 1. The predicted octanol–water partition coefficient (Wildman–Crippen LogP) is 3.93. The van der Waals surface area contributed by atoms with Gasteiger partial charge in [-0.3, -0.25) is 4.40 Å². The molecule has 3 aromatic heterocycles. The summed E-state index contributed by atoms with van der Waals surface area (Å²) in [6.45, 7) is 2.09. The van der Waals surface area contributed by atoms with Crippen LogP contribution in [0.4, 0.5) is 0 Å². The fraction of sp³-hybridized carbons (Fsp3) is 0.0714. The molecular weight excluding hydrogens is 246 g/mol. The Morgan fingerprint density at radius 1 is 1.22 bits per heavy atom. The van der Waals surface area contributed by atoms with Crippen LogP contribution in [0, 0.1) is 6.92 Å². The maximum Gasteiger partial charge on any atom is 0.157 e. The van der Waals surface area contributed by atoms with Gasteiger partial charge in [0.05, 0.1) is 10.5 Å². The van der Waals surface area contributed by atoms with E-state index in [4.69, 9.17) is 11.6 Å². The van der Waals surface area contributed by atoms with Gasteiger partial charge in [-0.05, 0) is 24.6 Å². The lowest BCUT2D eigenvalue weighted by Crippen LogP contribution is -1.85. The number of nitrogens with zero attached hydrogens (tertiary/aromatic N) is 2. The highest BCUT2D eigenvalue weighted by molar-refractivity contribution is 6.33. The van der Waals surface area contributed by atoms with Crippen LogP contribution >= 0.6 is 11.6 Å². The Labute approximate surface area is 108 Å². The van der Waals surface area contributed by atoms with E-state index >= 15 is 0 Å². The van der Waals surface area contributed by atoms with Gasteiger partial charge in [-0.25, -0.2) is 4.98 Å². The number of aromatic nitrogens is 3. The second-order valence-electron chi connectivity index (χ2n) is 4.48. The topological polar surface area (TPSA) is 33.1 Å². The molecule has 88 valence electrons. The summed E-state index contributed by atoms with van der Waals surface area (Å²) >= 11 is 6.17. The minimum atomic E-state index is 0.669. The predicted molar refractivity (Wildman–Crippen MR) is 74.3 cm³/mol. The highest BCUT2D eigenvalue weighted by atomic mass is 35.5. The van der Waals surface area contributed by atoms with Crippen molar-refractivity contribution in [1.29, 1.82) is 0 Å². The monoisotopic (exact) mass is 255 g/mol. The summed E-state index contributed by atoms with van der Waals surface area (Å²) in [6, 6.07) is 10.0. The molecule has 18 heavy (non-hydrogen) atoms. The second-order valence-corrected chi connectivity index (χ2v) is 4.89. The third-order valence-electron chi connectivity index (χ3n) is 3.37. The van der Waals surface area contributed by atoms with Crippen molar-refractivity contribution in [3.8, 4) is 0 Å². The molecule has 0 atom stereocenters. The van der Waals surface area contributed by atoms with Crippen LogP contribution in [0.1, 0.15) is 5.56 Å². The van der Waals surface area contributed by atoms with Gasteiger partial charge in [0.1, 0.15) is 11.2 Å². The molecule has 3 nitrogen and oxygen atoms in total. The van der Waals surface area contributed by atoms with Crippen molar-refractivity contribution in [3.05, 3.63) is 47.1 Å². The molecular formula is C14H10ClN3. The third kappa shape index (κ3) is 1.12. The number of aromatic amines is 1. The number of H-pyrrole nitrogens is 1. The number of rotatable bonds is 0. The molecule has 0 aliphatic heterocycles. The molecule has 0 saturated heterocycles. The molecule has 4 aromatic rings. The molecule has 4 rings (SSSR count). The molecule has 0 unspecified atom stereocenters. The molecule has 0 fully saturated rings. The van der Waals surface area contributed by atoms with Gasteiger partial charge in [0, 0.05) is 11.6 Å². The van der Waals surface area contributed by atoms with E-state index < -0.39 is 0 Å². The Morgan fingerprint density at radius 2 is 2.11 bits per heavy atom. The summed E-state index contributed by atoms with van der Waals surface area (Å²) in [4.78, 5) is 8.08. The minimum absolute atomic E-state index is 0.669. The normalized spacial score (nSPS) is 11.9. The maximum atomic E-state index is 6.17. The number of imidazole rings is 1. The van der Waals surface area contributed by atoms with E-state index in [0.29, 0.717) is 5.02 Å². The summed E-state index contributed by atoms with van der Waals surface area (Å²) in [6.07, 6.45) is 1.97. The van der Waals surface area contributed by atoms with E-state index in [-0.39, 0.29) is 0 Å². The van der Waals surface area contributed by atoms with Crippen molar-refractivity contribution >= 4 is 39.3 Å². The van der Waals surface area contributed by atoms with Crippen molar-refractivity contribution < 1.29 is 0 Å². The molecule has 0 saturated carbocycles. The minimum Gasteiger partial charge on any atom is -0.339 e. The summed E-state index contributed by atoms with van der Waals surface area (Å²) in [5.41, 5.74) is 5.13. The number of benzene rings is 1. The molecule has 0 radical (unpaired) electrons. The molecule has 4 heteroatoms. The van der Waals surface area contributed by atoms with Crippen molar-refractivity contribution in [2.45, 2.75) is 6.92 Å². The molecule has 0 amide bonds. The van der Waals surface area contributed by atoms with Gasteiger partial charge < -0.3 is 4.98 Å². The van der Waals surface area contributed by atoms with Gasteiger partial charge >= 0.3 is 0 Å². The fourth-order valence-corrected chi connectivity index (χ4v) is 2.70. The second kappa shape index (κ2) is 3.27. The summed E-state index contributed by atoms with van der Waals surface area (Å²) in [5, 5.41) is 1.81. The van der Waals surface area contributed by atoms with Crippen LogP contribution in [0.3, 0.4) is 0 Å². The summed E-state index contributed by atoms with van der Waals surface area (Å²) in [5.74, 6) is 0. The van der Waals surface area contributed by atoms with Crippen LogP contribution in [0.5, 0.6) is 0 Å². The molecule has 1 aromatic carbocycles. The van der Waals surface area contributed by atoms with Gasteiger partial charge in [0.25, 0.3) is 0 Å². The number of aryl methyl sites for hydroxylation is 1. The Hall–Kier alpha value is -2.00. The Bertz CT molecular complexity index is 826. The maximum absolute atomic E-state index is 6.17. The SMILES string of the molecule is Cc1cccc2c1[nH]c1c2nc2c(Cl)cccn21. The van der Waals surface area contributed by atoms with E-state index in [1.54, 1.807) is 0 Å². The average molecular weight is 256 g/mol. The smallest absolute Gasteiger partial charge is 0.157 e. The van der Waals surface area contributed by atoms with E-state index in [9.17, 15) is 0 Å². The van der Waals surface area contributed by atoms with E-state index in [0.717, 1.165) is 27.7 Å². The van der Waals surface area contributed by atoms with E-state index in [1.165, 1.54) is 5.56 Å². The number of hydrogen-bond acceptors (Lipinski definition) is 1. The van der Waals surface area contributed by atoms with Crippen LogP contribution in [-0.2, 0) is 0 Å². The van der Waals surface area contributed by atoms with Crippen LogP contribution in [-0.4, -0.2) is 14.4 Å². The first-order valence-electron chi connectivity index (χ1n) is 5.79. The zero-order valence-corrected chi connectivity index (χ0v) is 10.5. The fourth-order valence-electron chi connectivity index (χ4n) is 2.49. The highest BCUT2D eigenvalue weighted by Gasteiger charge is 2.13. The van der Waals surface area contributed by atoms with Gasteiger partial charge in [0.2, 0.25) is 0 Å². The largest absolute Gasteiger partial charge is 0.339 e. The molecule has 0 spiro atoms. The summed E-state index contributed by atoms with van der Waals surface area (Å²) in [7, 11) is 0. The van der Waals surface area contributed by atoms with Gasteiger partial charge in [0.15, 0.2) is 5.65 Å². The van der Waals surface area contributed by atoms with Crippen molar-refractivity contribution in [2.24, 2.45) is 0 Å². The number of fused-ring (bicyclic) bond motifs is 5. The third-order valence-corrected chi connectivity index (χ3v) is 3.67. The van der Waals surface area contributed by atoms with Crippen LogP contribution < -0.4 is 0 Å². The van der Waals surface area contributed by atoms with E-state index in [1.807, 2.05) is 22.7 Å². The Balaban J connectivity index is 2.32. The van der Waals surface area contributed by atoms with E-state index in [2.05, 4.69) is 35.1 Å². The number of halogens is 1. The number of pyridine rings is 1. The van der Waals surface area contributed by atoms with Gasteiger partial charge in [-0.15, -0.1) is 0 Å². The van der Waals surface area contributed by atoms with Crippen LogP contribution in [0.15, 0.2) is 36.5 Å². The Kier molecular flexibility index (Phi) is 1.81. The lowest BCUT2D eigenvalue weighted by molar-refractivity contribution is 1.19. The lowest BCUT2D eigenvalue weighted by Gasteiger charge is -1.97. The Morgan fingerprint density at radius 3 is 3.00 bits per heavy atom. The first-order chi connectivity index (χ1) is 8.75.